The fourth-order valence-electron chi connectivity index (χ4n) is 6.18. The molecule has 0 radical (unpaired) electrons. The maximum Gasteiger partial charge on any atom is 0.405 e. The average Bonchev–Trinajstić information content (AvgIpc) is 3.78. The van der Waals surface area contributed by atoms with Crippen molar-refractivity contribution >= 4 is 11.8 Å². The maximum atomic E-state index is 13.4. The van der Waals surface area contributed by atoms with E-state index in [9.17, 15) is 37.4 Å². The predicted molar refractivity (Wildman–Crippen MR) is 166 cm³/mol. The predicted octanol–water partition coefficient (Wildman–Crippen LogP) is 1.64. The molecule has 50 heavy (non-hydrogen) atoms. The number of carbonyl (C=O) groups is 2. The number of oxazole rings is 1. The largest absolute Gasteiger partial charge is 0.439 e. The Labute approximate surface area is 285 Å². The molecule has 2 saturated heterocycles. The lowest BCUT2D eigenvalue weighted by Crippen LogP contribution is -2.63. The number of benzene rings is 1. The Bertz CT molecular complexity index is 1550. The van der Waals surface area contributed by atoms with Crippen molar-refractivity contribution in [2.24, 2.45) is 5.92 Å². The van der Waals surface area contributed by atoms with Crippen molar-refractivity contribution in [2.75, 3.05) is 45.9 Å². The van der Waals surface area contributed by atoms with Gasteiger partial charge < -0.3 is 34.4 Å². The molecular formula is C32H41F4N7O7. The molecule has 2 aliphatic rings. The summed E-state index contributed by atoms with van der Waals surface area (Å²) in [5.41, 5.74) is -0.327. The van der Waals surface area contributed by atoms with Gasteiger partial charge >= 0.3 is 6.18 Å². The van der Waals surface area contributed by atoms with Gasteiger partial charge in [-0.25, -0.2) is 9.37 Å². The molecule has 5 rings (SSSR count). The van der Waals surface area contributed by atoms with Crippen molar-refractivity contribution in [1.29, 1.82) is 0 Å². The second-order valence-electron chi connectivity index (χ2n) is 13.1. The summed E-state index contributed by atoms with van der Waals surface area (Å²) < 4.78 is 69.3. The third-order valence-electron chi connectivity index (χ3n) is 9.06. The van der Waals surface area contributed by atoms with Gasteiger partial charge in [-0.2, -0.15) is 13.2 Å². The van der Waals surface area contributed by atoms with Crippen LogP contribution in [0.1, 0.15) is 38.5 Å². The van der Waals surface area contributed by atoms with E-state index < -0.39 is 66.1 Å². The second kappa shape index (κ2) is 15.9. The first kappa shape index (κ1) is 37.3. The van der Waals surface area contributed by atoms with Gasteiger partial charge in [0.2, 0.25) is 30.0 Å². The van der Waals surface area contributed by atoms with Crippen LogP contribution in [0.5, 0.6) is 0 Å². The van der Waals surface area contributed by atoms with Gasteiger partial charge in [0, 0.05) is 50.7 Å². The zero-order valence-electron chi connectivity index (χ0n) is 27.6. The first-order valence-corrected chi connectivity index (χ1v) is 16.2. The van der Waals surface area contributed by atoms with Crippen LogP contribution in [0.3, 0.4) is 0 Å². The molecule has 14 nitrogen and oxygen atoms in total. The molecule has 0 unspecified atom stereocenters. The van der Waals surface area contributed by atoms with E-state index in [0.717, 1.165) is 6.39 Å². The molecule has 0 saturated carbocycles. The number of nitrogens with zero attached hydrogens (tertiary/aromatic N) is 5. The molecule has 2 amide bonds. The number of aromatic nitrogens is 3. The Balaban J connectivity index is 1.30. The standard InChI is InChI=1S/C32H41F4N7O7/c1-31(2,30-37-13-26(50-30)19-3-5-21(33)6-4-19)43-9-8-42(24(15-43)29(47)38-17-32(34,35)36)14-22(44)11-20(12-27-41-39-18-49-27)28(46)40-23-7-10-48-16-25(23)45/h3-6,13,18,20,22-25,44-45H,7-12,14-17H2,1-2H3,(H,38,47)(H,40,46)/t20-,22-,23-,24-,25+/m0/s1. The maximum absolute atomic E-state index is 13.4. The Kier molecular flexibility index (Phi) is 11.9. The monoisotopic (exact) mass is 711 g/mol. The lowest BCUT2D eigenvalue weighted by molar-refractivity contribution is -0.145. The number of rotatable bonds is 13. The minimum atomic E-state index is -4.64. The van der Waals surface area contributed by atoms with Crippen molar-refractivity contribution in [1.82, 2.24) is 35.6 Å². The van der Waals surface area contributed by atoms with Gasteiger partial charge in [-0.3, -0.25) is 19.4 Å². The molecule has 1 aromatic carbocycles. The average molecular weight is 712 g/mol. The van der Waals surface area contributed by atoms with Crippen molar-refractivity contribution in [3.8, 4) is 11.3 Å². The van der Waals surface area contributed by atoms with Crippen molar-refractivity contribution in [3.05, 3.63) is 54.5 Å². The van der Waals surface area contributed by atoms with E-state index in [2.05, 4.69) is 20.5 Å². The number of piperazine rings is 1. The van der Waals surface area contributed by atoms with Gasteiger partial charge in [-0.15, -0.1) is 10.2 Å². The van der Waals surface area contributed by atoms with E-state index in [4.69, 9.17) is 13.6 Å². The Morgan fingerprint density at radius 2 is 1.92 bits per heavy atom. The van der Waals surface area contributed by atoms with Gasteiger partial charge in [0.05, 0.1) is 36.6 Å². The summed E-state index contributed by atoms with van der Waals surface area (Å²) in [4.78, 5) is 34.5. The topological polar surface area (TPSA) is 179 Å². The number of aliphatic hydroxyl groups excluding tert-OH is 2. The zero-order valence-corrected chi connectivity index (χ0v) is 27.6. The Hall–Kier alpha value is -3.97. The molecule has 5 atom stereocenters. The van der Waals surface area contributed by atoms with Crippen LogP contribution in [0.25, 0.3) is 11.3 Å². The number of amides is 2. The number of aliphatic hydroxyl groups is 2. The van der Waals surface area contributed by atoms with Crippen LogP contribution in [0, 0.1) is 11.7 Å². The summed E-state index contributed by atoms with van der Waals surface area (Å²) in [6.45, 7) is 2.81. The van der Waals surface area contributed by atoms with Gasteiger partial charge in [-0.1, -0.05) is 0 Å². The highest BCUT2D eigenvalue weighted by Crippen LogP contribution is 2.33. The molecule has 0 bridgehead atoms. The Morgan fingerprint density at radius 3 is 2.60 bits per heavy atom. The molecule has 0 aliphatic carbocycles. The highest BCUT2D eigenvalue weighted by molar-refractivity contribution is 5.82. The summed E-state index contributed by atoms with van der Waals surface area (Å²) in [6, 6.07) is 3.98. The minimum absolute atomic E-state index is 0.0181. The summed E-state index contributed by atoms with van der Waals surface area (Å²) >= 11 is 0. The van der Waals surface area contributed by atoms with Crippen LogP contribution in [-0.2, 0) is 26.3 Å². The van der Waals surface area contributed by atoms with Crippen LogP contribution in [0.15, 0.2) is 45.7 Å². The third kappa shape index (κ3) is 9.63. The van der Waals surface area contributed by atoms with E-state index in [-0.39, 0.29) is 50.9 Å². The second-order valence-corrected chi connectivity index (χ2v) is 13.1. The Morgan fingerprint density at radius 1 is 1.16 bits per heavy atom. The van der Waals surface area contributed by atoms with Gasteiger partial charge in [-0.05, 0) is 51.0 Å². The normalized spacial score (nSPS) is 22.2. The molecule has 4 heterocycles. The number of ether oxygens (including phenoxy) is 1. The van der Waals surface area contributed by atoms with E-state index in [0.29, 0.717) is 30.9 Å². The fraction of sp³-hybridized carbons (Fsp3) is 0.594. The molecule has 2 fully saturated rings. The quantitative estimate of drug-likeness (QED) is 0.189. The SMILES string of the molecule is CC(C)(c1ncc(-c2ccc(F)cc2)o1)N1CCN(C[C@@H](O)C[C@@H](Cc2nnco2)C(=O)N[C@H]2CCOC[C@H]2O)[C@H](C(=O)NCC(F)(F)F)C1. The highest BCUT2D eigenvalue weighted by Gasteiger charge is 2.43. The number of alkyl halides is 3. The molecule has 3 aromatic rings. The lowest BCUT2D eigenvalue weighted by Gasteiger charge is -2.46. The fourth-order valence-corrected chi connectivity index (χ4v) is 6.18. The molecular weight excluding hydrogens is 670 g/mol. The molecule has 2 aliphatic heterocycles. The van der Waals surface area contributed by atoms with Crippen molar-refractivity contribution in [3.63, 3.8) is 0 Å². The van der Waals surface area contributed by atoms with E-state index in [1.54, 1.807) is 30.9 Å². The van der Waals surface area contributed by atoms with Crippen LogP contribution < -0.4 is 10.6 Å². The van der Waals surface area contributed by atoms with Crippen LogP contribution in [0.4, 0.5) is 17.6 Å². The minimum Gasteiger partial charge on any atom is -0.439 e. The number of carbonyl (C=O) groups excluding carboxylic acids is 2. The van der Waals surface area contributed by atoms with Crippen LogP contribution in [0.2, 0.25) is 0 Å². The van der Waals surface area contributed by atoms with Crippen molar-refractivity contribution in [2.45, 2.75) is 69.1 Å². The summed E-state index contributed by atoms with van der Waals surface area (Å²) in [7, 11) is 0. The molecule has 274 valence electrons. The summed E-state index contributed by atoms with van der Waals surface area (Å²) in [6.07, 6.45) is -3.90. The smallest absolute Gasteiger partial charge is 0.405 e. The van der Waals surface area contributed by atoms with Crippen LogP contribution >= 0.6 is 0 Å². The lowest BCUT2D eigenvalue weighted by atomic mass is 9.94. The molecule has 18 heteroatoms. The summed E-state index contributed by atoms with van der Waals surface area (Å²) in [5.74, 6) is -1.82. The van der Waals surface area contributed by atoms with Crippen molar-refractivity contribution < 1.29 is 50.9 Å². The number of nitrogens with one attached hydrogen (secondary N) is 2. The molecule has 4 N–H and O–H groups in total. The number of hydrogen-bond donors (Lipinski definition) is 4. The number of hydrogen-bond acceptors (Lipinski definition) is 12. The highest BCUT2D eigenvalue weighted by atomic mass is 19.4. The first-order valence-electron chi connectivity index (χ1n) is 16.2. The number of halogens is 4. The van der Waals surface area contributed by atoms with Crippen LogP contribution in [-0.4, -0.2) is 123 Å². The van der Waals surface area contributed by atoms with Gasteiger partial charge in [0.25, 0.3) is 0 Å². The summed E-state index contributed by atoms with van der Waals surface area (Å²) in [5, 5.41) is 33.8. The first-order chi connectivity index (χ1) is 23.7. The third-order valence-corrected chi connectivity index (χ3v) is 9.06. The molecule has 0 spiro atoms. The molecule has 2 aromatic heterocycles. The van der Waals surface area contributed by atoms with Gasteiger partial charge in [0.15, 0.2) is 5.76 Å². The van der Waals surface area contributed by atoms with Gasteiger partial charge in [0.1, 0.15) is 18.4 Å². The van der Waals surface area contributed by atoms with E-state index >= 15 is 0 Å². The number of β-amino-alcohol motifs (C(OH)–C–C–N with tert-alkyl or cyclic N) is 1. The van der Waals surface area contributed by atoms with E-state index in [1.165, 1.54) is 18.3 Å². The zero-order chi connectivity index (χ0) is 36.1. The van der Waals surface area contributed by atoms with E-state index in [1.807, 2.05) is 10.2 Å².